The molecule has 0 saturated carbocycles. The number of benzene rings is 3. The van der Waals surface area contributed by atoms with E-state index in [1.165, 1.54) is 0 Å². The average molecular weight is 582 g/mol. The van der Waals surface area contributed by atoms with Crippen molar-refractivity contribution in [2.45, 2.75) is 10.7 Å². The molecule has 6 nitrogen and oxygen atoms in total. The van der Waals surface area contributed by atoms with Crippen molar-refractivity contribution in [3.8, 4) is 11.5 Å². The summed E-state index contributed by atoms with van der Waals surface area (Å²) in [6, 6.07) is 3.88. The number of morpholine rings is 1. The van der Waals surface area contributed by atoms with Crippen LogP contribution in [-0.4, -0.2) is 39.0 Å². The van der Waals surface area contributed by atoms with Crippen LogP contribution in [0.1, 0.15) is 11.1 Å². The molecule has 1 saturated heterocycles. The lowest BCUT2D eigenvalue weighted by Gasteiger charge is -2.30. The van der Waals surface area contributed by atoms with E-state index in [1.807, 2.05) is 0 Å². The van der Waals surface area contributed by atoms with Crippen LogP contribution >= 0.6 is 23.2 Å². The molecule has 0 radical (unpaired) electrons. The second-order valence-corrected chi connectivity index (χ2v) is 10.8. The normalized spacial score (nSPS) is 17.3. The Morgan fingerprint density at radius 3 is 1.68 bits per heavy atom. The first-order valence-corrected chi connectivity index (χ1v) is 12.7. The molecule has 1 fully saturated rings. The minimum Gasteiger partial charge on any atom is -0.440 e. The van der Waals surface area contributed by atoms with Crippen molar-refractivity contribution < 1.29 is 44.6 Å². The molecule has 0 unspecified atom stereocenters. The summed E-state index contributed by atoms with van der Waals surface area (Å²) in [5, 5.41) is -0.928. The zero-order chi connectivity index (χ0) is 26.7. The fourth-order valence-corrected chi connectivity index (χ4v) is 6.06. The molecular weight excluding hydrogens is 568 g/mol. The summed E-state index contributed by atoms with van der Waals surface area (Å²) >= 11 is 12.3. The lowest BCUT2D eigenvalue weighted by molar-refractivity contribution is -0.0463. The van der Waals surface area contributed by atoms with E-state index in [2.05, 4.69) is 0 Å². The minimum atomic E-state index is -4.35. The molecule has 0 spiro atoms. The number of sulfonamides is 1. The van der Waals surface area contributed by atoms with Crippen LogP contribution in [0, 0.1) is 29.1 Å². The van der Waals surface area contributed by atoms with Crippen LogP contribution in [0.15, 0.2) is 41.3 Å². The third-order valence-corrected chi connectivity index (χ3v) is 8.36. The first-order chi connectivity index (χ1) is 17.4. The van der Waals surface area contributed by atoms with Gasteiger partial charge in [-0.2, -0.15) is 4.31 Å². The quantitative estimate of drug-likeness (QED) is 0.306. The number of nitrogens with zero attached hydrogens (tertiary/aromatic N) is 1. The lowest BCUT2D eigenvalue weighted by Crippen LogP contribution is -2.40. The van der Waals surface area contributed by atoms with Gasteiger partial charge in [0.25, 0.3) is 0 Å². The molecule has 5 rings (SSSR count). The van der Waals surface area contributed by atoms with E-state index in [4.69, 9.17) is 37.4 Å². The van der Waals surface area contributed by atoms with Gasteiger partial charge >= 0.3 is 5.79 Å². The fourth-order valence-electron chi connectivity index (χ4n) is 4.04. The SMILES string of the molecule is O=S(=O)(c1cc2c(cc1F)OC(c1cc(F)c(F)cc1Cl)(c1cc(F)c(F)cc1Cl)O2)N1CCOCC1. The second-order valence-electron chi connectivity index (χ2n) is 8.06. The molecule has 196 valence electrons. The molecule has 0 N–H and O–H groups in total. The molecule has 0 amide bonds. The second kappa shape index (κ2) is 9.28. The average Bonchev–Trinajstić information content (AvgIpc) is 3.22. The van der Waals surface area contributed by atoms with E-state index in [0.29, 0.717) is 30.3 Å². The van der Waals surface area contributed by atoms with E-state index < -0.39 is 71.0 Å². The van der Waals surface area contributed by atoms with Crippen molar-refractivity contribution in [2.24, 2.45) is 0 Å². The number of halogens is 7. The van der Waals surface area contributed by atoms with Gasteiger partial charge in [0.05, 0.1) is 34.4 Å². The highest BCUT2D eigenvalue weighted by Crippen LogP contribution is 2.52. The van der Waals surface area contributed by atoms with Crippen molar-refractivity contribution in [1.82, 2.24) is 4.31 Å². The van der Waals surface area contributed by atoms with E-state index >= 15 is 4.39 Å². The Hall–Kier alpha value is -2.64. The predicted molar refractivity (Wildman–Crippen MR) is 121 cm³/mol. The van der Waals surface area contributed by atoms with Crippen LogP contribution in [-0.2, 0) is 20.5 Å². The number of rotatable bonds is 4. The van der Waals surface area contributed by atoms with E-state index in [9.17, 15) is 26.0 Å². The summed E-state index contributed by atoms with van der Waals surface area (Å²) in [5.41, 5.74) is -0.870. The summed E-state index contributed by atoms with van der Waals surface area (Å²) in [6.07, 6.45) is 0. The minimum absolute atomic E-state index is 0.0188. The molecule has 0 aromatic heterocycles. The lowest BCUT2D eigenvalue weighted by atomic mass is 9.96. The molecular formula is C23H14Cl2F5NO5S. The maximum absolute atomic E-state index is 15.1. The Morgan fingerprint density at radius 1 is 0.703 bits per heavy atom. The van der Waals surface area contributed by atoms with Gasteiger partial charge in [0.1, 0.15) is 10.7 Å². The van der Waals surface area contributed by atoms with Crippen LogP contribution in [0.3, 0.4) is 0 Å². The van der Waals surface area contributed by atoms with Gasteiger partial charge in [-0.15, -0.1) is 0 Å². The van der Waals surface area contributed by atoms with Gasteiger partial charge in [0.15, 0.2) is 34.8 Å². The highest BCUT2D eigenvalue weighted by molar-refractivity contribution is 7.89. The van der Waals surface area contributed by atoms with Crippen molar-refractivity contribution in [3.05, 3.63) is 86.7 Å². The summed E-state index contributed by atoms with van der Waals surface area (Å²) in [5.74, 6) is -9.91. The first kappa shape index (κ1) is 26.0. The van der Waals surface area contributed by atoms with E-state index in [-0.39, 0.29) is 37.8 Å². The van der Waals surface area contributed by atoms with Gasteiger partial charge in [-0.05, 0) is 24.3 Å². The Kier molecular flexibility index (Phi) is 6.52. The first-order valence-electron chi connectivity index (χ1n) is 10.5. The van der Waals surface area contributed by atoms with Crippen LogP contribution in [0.25, 0.3) is 0 Å². The van der Waals surface area contributed by atoms with Gasteiger partial charge < -0.3 is 14.2 Å². The molecule has 3 aromatic rings. The number of hydrogen-bond acceptors (Lipinski definition) is 5. The van der Waals surface area contributed by atoms with Gasteiger partial charge in [0, 0.05) is 25.2 Å². The number of ether oxygens (including phenoxy) is 3. The molecule has 0 bridgehead atoms. The third kappa shape index (κ3) is 4.30. The van der Waals surface area contributed by atoms with Crippen LogP contribution in [0.4, 0.5) is 22.0 Å². The molecule has 2 aliphatic rings. The Labute approximate surface area is 217 Å². The van der Waals surface area contributed by atoms with Crippen LogP contribution < -0.4 is 9.47 Å². The summed E-state index contributed by atoms with van der Waals surface area (Å²) in [6.45, 7) is 0.180. The molecule has 2 heterocycles. The molecule has 3 aromatic carbocycles. The topological polar surface area (TPSA) is 65.1 Å². The number of fused-ring (bicyclic) bond motifs is 1. The van der Waals surface area contributed by atoms with Crippen molar-refractivity contribution in [3.63, 3.8) is 0 Å². The highest BCUT2D eigenvalue weighted by Gasteiger charge is 2.50. The van der Waals surface area contributed by atoms with Crippen molar-refractivity contribution >= 4 is 33.2 Å². The molecule has 0 atom stereocenters. The highest BCUT2D eigenvalue weighted by atomic mass is 35.5. The van der Waals surface area contributed by atoms with E-state index in [0.717, 1.165) is 10.4 Å². The summed E-state index contributed by atoms with van der Waals surface area (Å²) in [7, 11) is -4.35. The van der Waals surface area contributed by atoms with E-state index in [1.54, 1.807) is 0 Å². The Bertz CT molecular complexity index is 1480. The summed E-state index contributed by atoms with van der Waals surface area (Å²) < 4.78 is 115. The maximum Gasteiger partial charge on any atom is 0.308 e. The molecule has 0 aliphatic carbocycles. The van der Waals surface area contributed by atoms with Gasteiger partial charge in [0.2, 0.25) is 10.0 Å². The number of hydrogen-bond donors (Lipinski definition) is 0. The Morgan fingerprint density at radius 2 is 1.16 bits per heavy atom. The zero-order valence-electron chi connectivity index (χ0n) is 18.3. The Balaban J connectivity index is 1.70. The monoisotopic (exact) mass is 581 g/mol. The van der Waals surface area contributed by atoms with Gasteiger partial charge in [-0.25, -0.2) is 30.4 Å². The van der Waals surface area contributed by atoms with Gasteiger partial charge in [-0.3, -0.25) is 0 Å². The molecule has 14 heteroatoms. The standard InChI is InChI=1S/C23H14Cl2F5NO5S/c24-13-7-17(28)15(26)5-11(13)23(12-6-16(27)18(29)8-14(12)25)35-20-9-19(30)22(10-21(20)36-23)37(32,33)31-1-3-34-4-2-31/h5-10H,1-4H2. The fraction of sp³-hybridized carbons (Fsp3) is 0.217. The maximum atomic E-state index is 15.1. The smallest absolute Gasteiger partial charge is 0.308 e. The zero-order valence-corrected chi connectivity index (χ0v) is 20.7. The predicted octanol–water partition coefficient (Wildman–Crippen LogP) is 5.38. The van der Waals surface area contributed by atoms with Crippen LogP contribution in [0.2, 0.25) is 10.0 Å². The molecule has 37 heavy (non-hydrogen) atoms. The van der Waals surface area contributed by atoms with Gasteiger partial charge in [-0.1, -0.05) is 23.2 Å². The summed E-state index contributed by atoms with van der Waals surface area (Å²) in [4.78, 5) is -0.764. The molecule has 2 aliphatic heterocycles. The van der Waals surface area contributed by atoms with Crippen molar-refractivity contribution in [1.29, 1.82) is 0 Å². The van der Waals surface area contributed by atoms with Crippen LogP contribution in [0.5, 0.6) is 11.5 Å². The largest absolute Gasteiger partial charge is 0.440 e. The van der Waals surface area contributed by atoms with Crippen molar-refractivity contribution in [2.75, 3.05) is 26.3 Å². The third-order valence-electron chi connectivity index (χ3n) is 5.82.